The number of aldehydes is 1. The quantitative estimate of drug-likeness (QED) is 0.793. The topological polar surface area (TPSA) is 26.3 Å². The summed E-state index contributed by atoms with van der Waals surface area (Å²) in [4.78, 5) is 10.6. The molecule has 0 aliphatic carbocycles. The monoisotopic (exact) mass is 294 g/mol. The maximum Gasteiger partial charge on any atom is 0.150 e. The molecule has 0 bridgehead atoms. The van der Waals surface area contributed by atoms with Crippen molar-refractivity contribution in [3.05, 3.63) is 58.3 Å². The van der Waals surface area contributed by atoms with E-state index in [1.165, 1.54) is 12.1 Å². The zero-order valence-electron chi connectivity index (χ0n) is 8.69. The Hall–Kier alpha value is -1.68. The van der Waals surface area contributed by atoms with Crippen molar-refractivity contribution in [1.82, 2.24) is 0 Å². The van der Waals surface area contributed by atoms with Gasteiger partial charge in [-0.3, -0.25) is 4.79 Å². The molecule has 0 saturated heterocycles. The molecule has 17 heavy (non-hydrogen) atoms. The smallest absolute Gasteiger partial charge is 0.150 e. The summed E-state index contributed by atoms with van der Waals surface area (Å²) in [5.41, 5.74) is 0.509. The standard InChI is InChI=1S/C13H8BrFO2/c14-12-5-4-10(15)7-13(12)17-11-3-1-2-9(6-11)8-16/h1-8H. The Morgan fingerprint density at radius 2 is 2.00 bits per heavy atom. The van der Waals surface area contributed by atoms with E-state index in [1.807, 2.05) is 0 Å². The molecule has 0 amide bonds. The van der Waals surface area contributed by atoms with Gasteiger partial charge in [-0.1, -0.05) is 12.1 Å². The van der Waals surface area contributed by atoms with Gasteiger partial charge in [0.05, 0.1) is 4.47 Å². The molecule has 86 valence electrons. The van der Waals surface area contributed by atoms with Crippen LogP contribution in [0.25, 0.3) is 0 Å². The summed E-state index contributed by atoms with van der Waals surface area (Å²) < 4.78 is 19.2. The van der Waals surface area contributed by atoms with E-state index in [9.17, 15) is 9.18 Å². The van der Waals surface area contributed by atoms with Crippen molar-refractivity contribution in [3.63, 3.8) is 0 Å². The number of benzene rings is 2. The summed E-state index contributed by atoms with van der Waals surface area (Å²) in [5, 5.41) is 0. The van der Waals surface area contributed by atoms with Gasteiger partial charge in [-0.15, -0.1) is 0 Å². The minimum absolute atomic E-state index is 0.369. The van der Waals surface area contributed by atoms with Crippen LogP contribution < -0.4 is 4.74 Å². The van der Waals surface area contributed by atoms with E-state index in [0.717, 1.165) is 6.29 Å². The van der Waals surface area contributed by atoms with E-state index in [4.69, 9.17) is 4.74 Å². The molecular formula is C13H8BrFO2. The van der Waals surface area contributed by atoms with Crippen LogP contribution in [-0.4, -0.2) is 6.29 Å². The lowest BCUT2D eigenvalue weighted by Gasteiger charge is -2.07. The highest BCUT2D eigenvalue weighted by Gasteiger charge is 2.04. The molecule has 0 fully saturated rings. The van der Waals surface area contributed by atoms with E-state index in [0.29, 0.717) is 21.5 Å². The maximum atomic E-state index is 13.0. The highest BCUT2D eigenvalue weighted by atomic mass is 79.9. The van der Waals surface area contributed by atoms with Gasteiger partial charge in [0.1, 0.15) is 23.6 Å². The summed E-state index contributed by atoms with van der Waals surface area (Å²) in [6, 6.07) is 10.8. The molecule has 0 spiro atoms. The van der Waals surface area contributed by atoms with Crippen molar-refractivity contribution in [2.24, 2.45) is 0 Å². The number of rotatable bonds is 3. The van der Waals surface area contributed by atoms with Crippen LogP contribution in [0.2, 0.25) is 0 Å². The number of ether oxygens (including phenoxy) is 1. The predicted octanol–water partition coefficient (Wildman–Crippen LogP) is 4.19. The average molecular weight is 295 g/mol. The van der Waals surface area contributed by atoms with E-state index >= 15 is 0 Å². The van der Waals surface area contributed by atoms with Crippen molar-refractivity contribution >= 4 is 22.2 Å². The fourth-order valence-electron chi connectivity index (χ4n) is 1.33. The van der Waals surface area contributed by atoms with Crippen molar-refractivity contribution in [2.75, 3.05) is 0 Å². The van der Waals surface area contributed by atoms with Crippen LogP contribution in [0.15, 0.2) is 46.9 Å². The van der Waals surface area contributed by atoms with Gasteiger partial charge < -0.3 is 4.74 Å². The van der Waals surface area contributed by atoms with Crippen molar-refractivity contribution in [3.8, 4) is 11.5 Å². The second-order valence-electron chi connectivity index (χ2n) is 3.37. The van der Waals surface area contributed by atoms with Gasteiger partial charge in [0.2, 0.25) is 0 Å². The number of carbonyl (C=O) groups excluding carboxylic acids is 1. The van der Waals surface area contributed by atoms with Gasteiger partial charge in [-0.05, 0) is 40.2 Å². The van der Waals surface area contributed by atoms with Crippen molar-refractivity contribution in [2.45, 2.75) is 0 Å². The van der Waals surface area contributed by atoms with E-state index in [1.54, 1.807) is 30.3 Å². The van der Waals surface area contributed by atoms with Crippen LogP contribution >= 0.6 is 15.9 Å². The third-order valence-corrected chi connectivity index (χ3v) is 2.77. The molecule has 2 aromatic carbocycles. The second kappa shape index (κ2) is 5.10. The highest BCUT2D eigenvalue weighted by molar-refractivity contribution is 9.10. The molecule has 0 aromatic heterocycles. The lowest BCUT2D eigenvalue weighted by atomic mass is 10.2. The van der Waals surface area contributed by atoms with Gasteiger partial charge in [0.25, 0.3) is 0 Å². The minimum Gasteiger partial charge on any atom is -0.456 e. The fraction of sp³-hybridized carbons (Fsp3) is 0. The molecule has 0 aliphatic heterocycles. The van der Waals surface area contributed by atoms with Gasteiger partial charge in [-0.2, -0.15) is 0 Å². The molecule has 0 heterocycles. The van der Waals surface area contributed by atoms with Crippen LogP contribution in [-0.2, 0) is 0 Å². The molecule has 2 rings (SSSR count). The van der Waals surface area contributed by atoms with Gasteiger partial charge >= 0.3 is 0 Å². The first kappa shape index (κ1) is 11.8. The number of halogens is 2. The lowest BCUT2D eigenvalue weighted by molar-refractivity contribution is 0.112. The molecule has 0 radical (unpaired) electrons. The maximum absolute atomic E-state index is 13.0. The summed E-state index contributed by atoms with van der Waals surface area (Å²) in [6.45, 7) is 0. The first-order chi connectivity index (χ1) is 8.19. The van der Waals surface area contributed by atoms with Crippen molar-refractivity contribution < 1.29 is 13.9 Å². The van der Waals surface area contributed by atoms with Gasteiger partial charge in [0, 0.05) is 11.6 Å². The molecule has 4 heteroatoms. The van der Waals surface area contributed by atoms with Gasteiger partial charge in [0.15, 0.2) is 0 Å². The Labute approximate surface area is 106 Å². The Balaban J connectivity index is 2.30. The molecule has 2 nitrogen and oxygen atoms in total. The molecule has 0 N–H and O–H groups in total. The zero-order chi connectivity index (χ0) is 12.3. The number of hydrogen-bond donors (Lipinski definition) is 0. The Morgan fingerprint density at radius 1 is 1.18 bits per heavy atom. The highest BCUT2D eigenvalue weighted by Crippen LogP contribution is 2.30. The van der Waals surface area contributed by atoms with Crippen LogP contribution in [0.4, 0.5) is 4.39 Å². The third kappa shape index (κ3) is 2.91. The van der Waals surface area contributed by atoms with Crippen molar-refractivity contribution in [1.29, 1.82) is 0 Å². The molecule has 0 atom stereocenters. The number of carbonyl (C=O) groups is 1. The minimum atomic E-state index is -0.380. The molecular weight excluding hydrogens is 287 g/mol. The number of hydrogen-bond acceptors (Lipinski definition) is 2. The summed E-state index contributed by atoms with van der Waals surface area (Å²) in [6.07, 6.45) is 0.730. The average Bonchev–Trinajstić information content (AvgIpc) is 2.34. The normalized spacial score (nSPS) is 10.0. The lowest BCUT2D eigenvalue weighted by Crippen LogP contribution is -1.88. The predicted molar refractivity (Wildman–Crippen MR) is 66.0 cm³/mol. The van der Waals surface area contributed by atoms with Crippen LogP contribution in [0, 0.1) is 5.82 Å². The molecule has 0 saturated carbocycles. The summed E-state index contributed by atoms with van der Waals surface area (Å²) in [5.74, 6) is 0.476. The SMILES string of the molecule is O=Cc1cccc(Oc2cc(F)ccc2Br)c1. The fourth-order valence-corrected chi connectivity index (χ4v) is 1.66. The molecule has 2 aromatic rings. The first-order valence-corrected chi connectivity index (χ1v) is 5.66. The van der Waals surface area contributed by atoms with Crippen LogP contribution in [0.5, 0.6) is 11.5 Å². The van der Waals surface area contributed by atoms with E-state index in [-0.39, 0.29) is 5.82 Å². The van der Waals surface area contributed by atoms with E-state index in [2.05, 4.69) is 15.9 Å². The van der Waals surface area contributed by atoms with Gasteiger partial charge in [-0.25, -0.2) is 4.39 Å². The third-order valence-electron chi connectivity index (χ3n) is 2.12. The second-order valence-corrected chi connectivity index (χ2v) is 4.22. The Kier molecular flexibility index (Phi) is 3.54. The van der Waals surface area contributed by atoms with E-state index < -0.39 is 0 Å². The molecule has 0 unspecified atom stereocenters. The Bertz CT molecular complexity index is 555. The van der Waals surface area contributed by atoms with Crippen LogP contribution in [0.3, 0.4) is 0 Å². The molecule has 0 aliphatic rings. The van der Waals surface area contributed by atoms with Crippen LogP contribution in [0.1, 0.15) is 10.4 Å². The summed E-state index contributed by atoms with van der Waals surface area (Å²) >= 11 is 3.26. The largest absolute Gasteiger partial charge is 0.456 e. The first-order valence-electron chi connectivity index (χ1n) is 4.87. The zero-order valence-corrected chi connectivity index (χ0v) is 10.3. The Morgan fingerprint density at radius 3 is 2.76 bits per heavy atom. The summed E-state index contributed by atoms with van der Waals surface area (Å²) in [7, 11) is 0.